The Morgan fingerprint density at radius 2 is 1.76 bits per heavy atom. The van der Waals surface area contributed by atoms with E-state index in [2.05, 4.69) is 16.0 Å². The summed E-state index contributed by atoms with van der Waals surface area (Å²) in [5.74, 6) is -0.241. The van der Waals surface area contributed by atoms with Gasteiger partial charge in [-0.15, -0.1) is 11.8 Å². The molecule has 0 saturated carbocycles. The van der Waals surface area contributed by atoms with E-state index in [4.69, 9.17) is 0 Å². The van der Waals surface area contributed by atoms with Gasteiger partial charge in [-0.3, -0.25) is 4.79 Å². The average molecular weight is 353 g/mol. The topological polar surface area (TPSA) is 70.2 Å². The molecule has 128 valence electrons. The van der Waals surface area contributed by atoms with Gasteiger partial charge >= 0.3 is 6.03 Å². The van der Waals surface area contributed by atoms with Crippen LogP contribution in [0.5, 0.6) is 0 Å². The van der Waals surface area contributed by atoms with Gasteiger partial charge in [-0.2, -0.15) is 0 Å². The molecule has 1 atom stereocenters. The summed E-state index contributed by atoms with van der Waals surface area (Å²) in [6, 6.07) is 16.3. The molecule has 2 aromatic rings. The predicted molar refractivity (Wildman–Crippen MR) is 100 cm³/mol. The molecule has 0 spiro atoms. The molecule has 0 bridgehead atoms. The number of para-hydroxylation sites is 1. The number of carbonyl (C=O) groups excluding carboxylic acids is 2. The number of hydrogen-bond donors (Lipinski definition) is 3. The fourth-order valence-corrected chi connectivity index (χ4v) is 3.17. The fraction of sp³-hybridized carbons (Fsp3) is 0.158. The Labute approximate surface area is 150 Å². The lowest BCUT2D eigenvalue weighted by atomic mass is 9.95. The smallest absolute Gasteiger partial charge is 0.319 e. The first-order valence-corrected chi connectivity index (χ1v) is 9.09. The van der Waals surface area contributed by atoms with Gasteiger partial charge in [-0.25, -0.2) is 4.79 Å². The minimum absolute atomic E-state index is 0.241. The first kappa shape index (κ1) is 17.1. The second-order valence-corrected chi connectivity index (χ2v) is 6.54. The van der Waals surface area contributed by atoms with Crippen molar-refractivity contribution in [3.8, 4) is 0 Å². The van der Waals surface area contributed by atoms with Gasteiger partial charge in [0.1, 0.15) is 0 Å². The van der Waals surface area contributed by atoms with E-state index < -0.39 is 6.04 Å². The molecule has 0 fully saturated rings. The summed E-state index contributed by atoms with van der Waals surface area (Å²) in [5, 5.41) is 8.41. The number of thioether (sulfide) groups is 1. The van der Waals surface area contributed by atoms with Crippen LogP contribution in [-0.2, 0) is 4.79 Å². The number of hydrogen-bond acceptors (Lipinski definition) is 3. The Morgan fingerprint density at radius 3 is 2.40 bits per heavy atom. The number of anilines is 1. The molecule has 3 rings (SSSR count). The molecule has 1 aliphatic rings. The van der Waals surface area contributed by atoms with Crippen molar-refractivity contribution in [3.05, 3.63) is 71.4 Å². The molecule has 6 heteroatoms. The van der Waals surface area contributed by atoms with Crippen LogP contribution >= 0.6 is 11.8 Å². The zero-order valence-corrected chi connectivity index (χ0v) is 14.8. The molecule has 5 nitrogen and oxygen atoms in total. The lowest BCUT2D eigenvalue weighted by molar-refractivity contribution is -0.113. The molecular weight excluding hydrogens is 334 g/mol. The third kappa shape index (κ3) is 3.85. The van der Waals surface area contributed by atoms with Crippen molar-refractivity contribution >= 4 is 29.4 Å². The highest BCUT2D eigenvalue weighted by atomic mass is 32.2. The zero-order chi connectivity index (χ0) is 17.8. The summed E-state index contributed by atoms with van der Waals surface area (Å²) in [6.07, 6.45) is 2.00. The Hall–Kier alpha value is -2.73. The van der Waals surface area contributed by atoms with Crippen LogP contribution in [0.25, 0.3) is 0 Å². The first-order valence-electron chi connectivity index (χ1n) is 7.87. The van der Waals surface area contributed by atoms with Crippen LogP contribution in [0.4, 0.5) is 10.5 Å². The molecule has 25 heavy (non-hydrogen) atoms. The largest absolute Gasteiger partial charge is 0.327 e. The summed E-state index contributed by atoms with van der Waals surface area (Å²) in [5.41, 5.74) is 2.63. The second-order valence-electron chi connectivity index (χ2n) is 5.66. The fourth-order valence-electron chi connectivity index (χ4n) is 2.76. The quantitative estimate of drug-likeness (QED) is 0.735. The van der Waals surface area contributed by atoms with E-state index in [0.29, 0.717) is 17.0 Å². The second kappa shape index (κ2) is 7.44. The maximum atomic E-state index is 12.8. The van der Waals surface area contributed by atoms with E-state index in [1.165, 1.54) is 0 Å². The number of amides is 3. The highest BCUT2D eigenvalue weighted by molar-refractivity contribution is 7.98. The van der Waals surface area contributed by atoms with Crippen LogP contribution in [-0.4, -0.2) is 18.2 Å². The molecule has 0 aromatic heterocycles. The number of rotatable bonds is 4. The molecular formula is C19H19N3O2S. The number of urea groups is 1. The third-order valence-electron chi connectivity index (χ3n) is 3.99. The number of benzene rings is 2. The molecule has 2 aromatic carbocycles. The number of carbonyl (C=O) groups is 2. The molecule has 1 heterocycles. The molecule has 0 aliphatic carbocycles. The van der Waals surface area contributed by atoms with Crippen molar-refractivity contribution in [2.24, 2.45) is 0 Å². The lowest BCUT2D eigenvalue weighted by Crippen LogP contribution is -2.45. The SMILES string of the molecule is CSc1ccc([C@H]2NC(=O)NC(C)=C2C(=O)Nc2ccccc2)cc1. The van der Waals surface area contributed by atoms with Crippen molar-refractivity contribution in [1.82, 2.24) is 10.6 Å². The van der Waals surface area contributed by atoms with Gasteiger partial charge in [0.25, 0.3) is 5.91 Å². The maximum absolute atomic E-state index is 12.8. The van der Waals surface area contributed by atoms with Crippen LogP contribution < -0.4 is 16.0 Å². The van der Waals surface area contributed by atoms with Crippen LogP contribution in [0.3, 0.4) is 0 Å². The van der Waals surface area contributed by atoms with E-state index >= 15 is 0 Å². The van der Waals surface area contributed by atoms with Crippen LogP contribution in [0, 0.1) is 0 Å². The molecule has 0 unspecified atom stereocenters. The van der Waals surface area contributed by atoms with Gasteiger partial charge in [-0.1, -0.05) is 30.3 Å². The van der Waals surface area contributed by atoms with Crippen molar-refractivity contribution in [3.63, 3.8) is 0 Å². The zero-order valence-electron chi connectivity index (χ0n) is 14.0. The van der Waals surface area contributed by atoms with E-state index in [-0.39, 0.29) is 11.9 Å². The van der Waals surface area contributed by atoms with Gasteiger partial charge in [0, 0.05) is 16.3 Å². The van der Waals surface area contributed by atoms with Crippen LogP contribution in [0.15, 0.2) is 70.8 Å². The van der Waals surface area contributed by atoms with Crippen molar-refractivity contribution in [2.75, 3.05) is 11.6 Å². The Bertz CT molecular complexity index is 816. The summed E-state index contributed by atoms with van der Waals surface area (Å²) < 4.78 is 0. The van der Waals surface area contributed by atoms with Crippen molar-refractivity contribution in [1.29, 1.82) is 0 Å². The third-order valence-corrected chi connectivity index (χ3v) is 4.74. The average Bonchev–Trinajstić information content (AvgIpc) is 2.62. The minimum atomic E-state index is -0.492. The highest BCUT2D eigenvalue weighted by Gasteiger charge is 2.31. The Morgan fingerprint density at radius 1 is 1.08 bits per heavy atom. The minimum Gasteiger partial charge on any atom is -0.327 e. The summed E-state index contributed by atoms with van der Waals surface area (Å²) in [4.78, 5) is 25.9. The van der Waals surface area contributed by atoms with Crippen molar-refractivity contribution in [2.45, 2.75) is 17.9 Å². The molecule has 0 saturated heterocycles. The van der Waals surface area contributed by atoms with E-state index in [1.54, 1.807) is 18.7 Å². The van der Waals surface area contributed by atoms with E-state index in [0.717, 1.165) is 10.5 Å². The Kier molecular flexibility index (Phi) is 5.09. The van der Waals surface area contributed by atoms with Gasteiger partial charge in [-0.05, 0) is 43.0 Å². The Balaban J connectivity index is 1.93. The van der Waals surface area contributed by atoms with E-state index in [9.17, 15) is 9.59 Å². The number of allylic oxidation sites excluding steroid dienone is 1. The van der Waals surface area contributed by atoms with Gasteiger partial charge in [0.05, 0.1) is 11.6 Å². The normalized spacial score (nSPS) is 16.9. The van der Waals surface area contributed by atoms with Gasteiger partial charge in [0.15, 0.2) is 0 Å². The lowest BCUT2D eigenvalue weighted by Gasteiger charge is -2.28. The van der Waals surface area contributed by atoms with Crippen LogP contribution in [0.2, 0.25) is 0 Å². The molecule has 3 amide bonds. The van der Waals surface area contributed by atoms with Gasteiger partial charge in [0.2, 0.25) is 0 Å². The molecule has 1 aliphatic heterocycles. The van der Waals surface area contributed by atoms with E-state index in [1.807, 2.05) is 60.9 Å². The standard InChI is InChI=1S/C19H19N3O2S/c1-12-16(18(23)21-14-6-4-3-5-7-14)17(22-19(24)20-12)13-8-10-15(25-2)11-9-13/h3-11,17H,1-2H3,(H,21,23)(H2,20,22,24)/t17-/m1/s1. The monoisotopic (exact) mass is 353 g/mol. The highest BCUT2D eigenvalue weighted by Crippen LogP contribution is 2.29. The summed E-state index contributed by atoms with van der Waals surface area (Å²) in [6.45, 7) is 1.74. The maximum Gasteiger partial charge on any atom is 0.319 e. The summed E-state index contributed by atoms with van der Waals surface area (Å²) >= 11 is 1.64. The summed E-state index contributed by atoms with van der Waals surface area (Å²) in [7, 11) is 0. The molecule has 0 radical (unpaired) electrons. The van der Waals surface area contributed by atoms with Crippen molar-refractivity contribution < 1.29 is 9.59 Å². The predicted octanol–water partition coefficient (Wildman–Crippen LogP) is 3.68. The van der Waals surface area contributed by atoms with Gasteiger partial charge < -0.3 is 16.0 Å². The first-order chi connectivity index (χ1) is 12.1. The van der Waals surface area contributed by atoms with Crippen LogP contribution in [0.1, 0.15) is 18.5 Å². The molecule has 3 N–H and O–H groups in total. The number of nitrogens with one attached hydrogen (secondary N) is 3.